The minimum Gasteiger partial charge on any atom is -0.404 e. The molecule has 1 saturated heterocycles. The number of hydrogen-bond donors (Lipinski definition) is 0. The number of amides is 2. The first kappa shape index (κ1) is 17.1. The first-order chi connectivity index (χ1) is 8.60. The van der Waals surface area contributed by atoms with Gasteiger partial charge in [-0.3, -0.25) is 14.5 Å². The number of likely N-dealkylation sites (tertiary alicyclic amines) is 1. The number of halogens is 1. The predicted molar refractivity (Wildman–Crippen MR) is 86.9 cm³/mol. The van der Waals surface area contributed by atoms with Crippen LogP contribution in [0.2, 0.25) is 18.1 Å². The molecule has 1 aliphatic rings. The maximum absolute atomic E-state index is 12.2. The lowest BCUT2D eigenvalue weighted by molar-refractivity contribution is -0.140. The second-order valence-corrected chi connectivity index (χ2v) is 12.3. The highest BCUT2D eigenvalue weighted by Gasteiger charge is 2.46. The third-order valence-corrected chi connectivity index (χ3v) is 9.21. The number of alkyl halides is 1. The smallest absolute Gasteiger partial charge is 0.257 e. The fourth-order valence-electron chi connectivity index (χ4n) is 1.73. The Morgan fingerprint density at radius 3 is 2.42 bits per heavy atom. The Bertz CT molecular complexity index is 365. The van der Waals surface area contributed by atoms with Crippen LogP contribution >= 0.6 is 22.6 Å². The van der Waals surface area contributed by atoms with E-state index in [1.165, 1.54) is 4.90 Å². The zero-order chi connectivity index (χ0) is 14.8. The van der Waals surface area contributed by atoms with Gasteiger partial charge in [-0.25, -0.2) is 0 Å². The Kier molecular flexibility index (Phi) is 5.59. The summed E-state index contributed by atoms with van der Waals surface area (Å²) in [4.78, 5) is 25.5. The Morgan fingerprint density at radius 1 is 1.37 bits per heavy atom. The molecule has 0 aromatic heterocycles. The molecule has 1 aliphatic heterocycles. The molecule has 110 valence electrons. The van der Waals surface area contributed by atoms with Crippen molar-refractivity contribution in [3.63, 3.8) is 0 Å². The minimum absolute atomic E-state index is 0.0476. The van der Waals surface area contributed by atoms with Gasteiger partial charge in [0.2, 0.25) is 5.91 Å². The SMILES string of the molecule is CC(C)(C)[Si](C)(C)O[C@H]1CC(=O)N(CCCI)C1=O. The van der Waals surface area contributed by atoms with Gasteiger partial charge in [0.05, 0.1) is 6.42 Å². The summed E-state index contributed by atoms with van der Waals surface area (Å²) in [7, 11) is -2.00. The Morgan fingerprint density at radius 2 is 1.95 bits per heavy atom. The molecule has 0 bridgehead atoms. The van der Waals surface area contributed by atoms with Crippen molar-refractivity contribution >= 4 is 42.7 Å². The van der Waals surface area contributed by atoms with Crippen molar-refractivity contribution in [1.29, 1.82) is 0 Å². The van der Waals surface area contributed by atoms with E-state index >= 15 is 0 Å². The number of carbonyl (C=O) groups excluding carboxylic acids is 2. The topological polar surface area (TPSA) is 46.6 Å². The number of carbonyl (C=O) groups is 2. The molecule has 0 aromatic carbocycles. The van der Waals surface area contributed by atoms with Crippen LogP contribution in [0.4, 0.5) is 0 Å². The van der Waals surface area contributed by atoms with Crippen molar-refractivity contribution in [2.45, 2.75) is 57.8 Å². The second kappa shape index (κ2) is 6.22. The molecule has 0 radical (unpaired) electrons. The Hall–Kier alpha value is 0.0469. The van der Waals surface area contributed by atoms with Gasteiger partial charge < -0.3 is 4.43 Å². The summed E-state index contributed by atoms with van der Waals surface area (Å²) >= 11 is 2.25. The van der Waals surface area contributed by atoms with Crippen molar-refractivity contribution in [2.75, 3.05) is 11.0 Å². The van der Waals surface area contributed by atoms with Crippen molar-refractivity contribution in [3.05, 3.63) is 0 Å². The van der Waals surface area contributed by atoms with Crippen LogP contribution in [0.15, 0.2) is 0 Å². The van der Waals surface area contributed by atoms with Gasteiger partial charge >= 0.3 is 0 Å². The summed E-state index contributed by atoms with van der Waals surface area (Å²) in [5.41, 5.74) is 0. The molecule has 19 heavy (non-hydrogen) atoms. The third-order valence-electron chi connectivity index (χ3n) is 3.96. The van der Waals surface area contributed by atoms with Crippen LogP contribution in [0.25, 0.3) is 0 Å². The van der Waals surface area contributed by atoms with Gasteiger partial charge in [0.15, 0.2) is 8.32 Å². The maximum Gasteiger partial charge on any atom is 0.257 e. The van der Waals surface area contributed by atoms with Crippen LogP contribution in [0.5, 0.6) is 0 Å². The van der Waals surface area contributed by atoms with Crippen LogP contribution in [-0.4, -0.2) is 42.1 Å². The first-order valence-electron chi connectivity index (χ1n) is 6.68. The molecule has 1 rings (SSSR count). The molecule has 0 aliphatic carbocycles. The molecule has 0 unspecified atom stereocenters. The van der Waals surface area contributed by atoms with E-state index in [0.29, 0.717) is 6.54 Å². The normalized spacial score (nSPS) is 21.4. The summed E-state index contributed by atoms with van der Waals surface area (Å²) in [5, 5.41) is 0.0476. The molecule has 2 amide bonds. The first-order valence-corrected chi connectivity index (χ1v) is 11.1. The van der Waals surface area contributed by atoms with E-state index in [0.717, 1.165) is 10.8 Å². The maximum atomic E-state index is 12.2. The highest BCUT2D eigenvalue weighted by molar-refractivity contribution is 14.1. The van der Waals surface area contributed by atoms with Gasteiger partial charge in [-0.1, -0.05) is 43.4 Å². The van der Waals surface area contributed by atoms with Gasteiger partial charge in [0, 0.05) is 11.0 Å². The zero-order valence-corrected chi connectivity index (χ0v) is 15.6. The van der Waals surface area contributed by atoms with Crippen molar-refractivity contribution < 1.29 is 14.0 Å². The lowest BCUT2D eigenvalue weighted by Gasteiger charge is -2.37. The van der Waals surface area contributed by atoms with Crippen molar-refractivity contribution in [2.24, 2.45) is 0 Å². The van der Waals surface area contributed by atoms with Gasteiger partial charge in [-0.15, -0.1) is 0 Å². The van der Waals surface area contributed by atoms with E-state index in [-0.39, 0.29) is 23.3 Å². The van der Waals surface area contributed by atoms with E-state index in [1.807, 2.05) is 0 Å². The molecular formula is C13H24INO3Si. The molecule has 0 aromatic rings. The number of nitrogens with zero attached hydrogens (tertiary/aromatic N) is 1. The third kappa shape index (κ3) is 4.01. The fourth-order valence-corrected chi connectivity index (χ4v) is 3.32. The van der Waals surface area contributed by atoms with Crippen molar-refractivity contribution in [1.82, 2.24) is 4.90 Å². The number of rotatable bonds is 5. The fraction of sp³-hybridized carbons (Fsp3) is 0.846. The summed E-state index contributed by atoms with van der Waals surface area (Å²) in [6.07, 6.45) is 0.514. The van der Waals surface area contributed by atoms with Gasteiger partial charge in [0.1, 0.15) is 6.10 Å². The van der Waals surface area contributed by atoms with E-state index in [9.17, 15) is 9.59 Å². The molecule has 6 heteroatoms. The Balaban J connectivity index is 2.72. The standard InChI is InChI=1S/C13H24INO3Si/c1-13(2,3)19(4,5)18-10-9-11(16)15(12(10)17)8-6-7-14/h10H,6-9H2,1-5H3/t10-/m0/s1. The molecule has 1 fully saturated rings. The van der Waals surface area contributed by atoms with Gasteiger partial charge in [0.25, 0.3) is 5.91 Å². The quantitative estimate of drug-likeness (QED) is 0.310. The Labute approximate surface area is 130 Å². The van der Waals surface area contributed by atoms with Gasteiger partial charge in [-0.05, 0) is 24.6 Å². The number of imide groups is 1. The molecular weight excluding hydrogens is 373 g/mol. The molecule has 1 heterocycles. The summed E-state index contributed by atoms with van der Waals surface area (Å²) < 4.78 is 7.03. The molecule has 0 spiro atoms. The summed E-state index contributed by atoms with van der Waals surface area (Å²) in [6.45, 7) is 11.1. The highest BCUT2D eigenvalue weighted by Crippen LogP contribution is 2.38. The van der Waals surface area contributed by atoms with Crippen LogP contribution in [0.3, 0.4) is 0 Å². The average Bonchev–Trinajstić information content (AvgIpc) is 2.50. The predicted octanol–water partition coefficient (Wildman–Crippen LogP) is 2.96. The molecule has 1 atom stereocenters. The highest BCUT2D eigenvalue weighted by atomic mass is 127. The lowest BCUT2D eigenvalue weighted by Crippen LogP contribution is -2.46. The van der Waals surface area contributed by atoms with Crippen LogP contribution in [-0.2, 0) is 14.0 Å². The molecule has 4 nitrogen and oxygen atoms in total. The molecule has 0 N–H and O–H groups in total. The van der Waals surface area contributed by atoms with Crippen LogP contribution < -0.4 is 0 Å². The second-order valence-electron chi connectivity index (χ2n) is 6.50. The van der Waals surface area contributed by atoms with E-state index in [4.69, 9.17) is 4.43 Å². The van der Waals surface area contributed by atoms with Crippen LogP contribution in [0, 0.1) is 0 Å². The van der Waals surface area contributed by atoms with Crippen LogP contribution in [0.1, 0.15) is 33.6 Å². The van der Waals surface area contributed by atoms with E-state index in [2.05, 4.69) is 56.5 Å². The zero-order valence-electron chi connectivity index (χ0n) is 12.5. The van der Waals surface area contributed by atoms with Gasteiger partial charge in [-0.2, -0.15) is 0 Å². The van der Waals surface area contributed by atoms with Crippen molar-refractivity contribution in [3.8, 4) is 0 Å². The van der Waals surface area contributed by atoms with E-state index < -0.39 is 14.4 Å². The minimum atomic E-state index is -2.00. The monoisotopic (exact) mass is 397 g/mol. The molecule has 0 saturated carbocycles. The average molecular weight is 397 g/mol. The summed E-state index contributed by atoms with van der Waals surface area (Å²) in [5.74, 6) is -0.224. The summed E-state index contributed by atoms with van der Waals surface area (Å²) in [6, 6.07) is 0. The number of hydrogen-bond acceptors (Lipinski definition) is 3. The lowest BCUT2D eigenvalue weighted by atomic mass is 10.2. The van der Waals surface area contributed by atoms with E-state index in [1.54, 1.807) is 0 Å². The largest absolute Gasteiger partial charge is 0.404 e.